The van der Waals surface area contributed by atoms with Gasteiger partial charge in [-0.25, -0.2) is 9.97 Å². The van der Waals surface area contributed by atoms with Crippen LogP contribution in [0.2, 0.25) is 0 Å². The fourth-order valence-corrected chi connectivity index (χ4v) is 2.80. The maximum absolute atomic E-state index is 12.4. The zero-order chi connectivity index (χ0) is 16.9. The molecule has 122 valence electrons. The number of hydrogen-bond acceptors (Lipinski definition) is 5. The van der Waals surface area contributed by atoms with E-state index in [9.17, 15) is 4.79 Å². The number of hydrogen-bond donors (Lipinski definition) is 0. The molecule has 3 rings (SSSR count). The van der Waals surface area contributed by atoms with E-state index in [0.29, 0.717) is 23.7 Å². The molecule has 0 fully saturated rings. The average Bonchev–Trinajstić information content (AvgIpc) is 3.00. The molecule has 0 saturated carbocycles. The Kier molecular flexibility index (Phi) is 4.86. The Morgan fingerprint density at radius 1 is 1.21 bits per heavy atom. The van der Waals surface area contributed by atoms with Crippen molar-refractivity contribution in [2.75, 3.05) is 7.05 Å². The van der Waals surface area contributed by atoms with Gasteiger partial charge in [-0.3, -0.25) is 4.79 Å². The van der Waals surface area contributed by atoms with Gasteiger partial charge in [0.2, 0.25) is 5.88 Å². The van der Waals surface area contributed by atoms with Gasteiger partial charge in [-0.15, -0.1) is 11.3 Å². The second-order valence-corrected chi connectivity index (χ2v) is 6.38. The predicted molar refractivity (Wildman–Crippen MR) is 93.4 cm³/mol. The lowest BCUT2D eigenvalue weighted by Gasteiger charge is -2.15. The Bertz CT molecular complexity index is 816. The molecule has 0 aliphatic heterocycles. The Morgan fingerprint density at radius 3 is 2.62 bits per heavy atom. The highest BCUT2D eigenvalue weighted by molar-refractivity contribution is 7.09. The van der Waals surface area contributed by atoms with E-state index in [4.69, 9.17) is 4.74 Å². The number of pyridine rings is 1. The van der Waals surface area contributed by atoms with E-state index in [-0.39, 0.29) is 5.91 Å². The molecule has 5 nitrogen and oxygen atoms in total. The van der Waals surface area contributed by atoms with Crippen LogP contribution >= 0.6 is 11.3 Å². The first kappa shape index (κ1) is 16.1. The smallest absolute Gasteiger partial charge is 0.255 e. The van der Waals surface area contributed by atoms with E-state index in [1.807, 2.05) is 42.6 Å². The van der Waals surface area contributed by atoms with Crippen LogP contribution in [-0.4, -0.2) is 27.8 Å². The highest BCUT2D eigenvalue weighted by Gasteiger charge is 2.14. The summed E-state index contributed by atoms with van der Waals surface area (Å²) in [5, 5.41) is 2.96. The summed E-state index contributed by atoms with van der Waals surface area (Å²) >= 11 is 1.58. The van der Waals surface area contributed by atoms with Gasteiger partial charge in [0.05, 0.1) is 22.8 Å². The number of aromatic nitrogens is 2. The first-order chi connectivity index (χ1) is 11.6. The van der Waals surface area contributed by atoms with Crippen molar-refractivity contribution < 1.29 is 9.53 Å². The normalized spacial score (nSPS) is 10.4. The van der Waals surface area contributed by atoms with Crippen LogP contribution in [-0.2, 0) is 6.54 Å². The molecule has 3 aromatic rings. The first-order valence-electron chi connectivity index (χ1n) is 7.47. The number of nitrogens with zero attached hydrogens (tertiary/aromatic N) is 3. The van der Waals surface area contributed by atoms with Gasteiger partial charge in [-0.1, -0.05) is 18.2 Å². The Balaban J connectivity index is 1.65. The van der Waals surface area contributed by atoms with Gasteiger partial charge in [0.25, 0.3) is 5.91 Å². The Morgan fingerprint density at radius 2 is 2.00 bits per heavy atom. The summed E-state index contributed by atoms with van der Waals surface area (Å²) in [6.45, 7) is 2.43. The Labute approximate surface area is 144 Å². The van der Waals surface area contributed by atoms with Crippen LogP contribution in [0.25, 0.3) is 0 Å². The molecule has 6 heteroatoms. The summed E-state index contributed by atoms with van der Waals surface area (Å²) in [4.78, 5) is 22.7. The molecular formula is C18H17N3O2S. The van der Waals surface area contributed by atoms with E-state index >= 15 is 0 Å². The maximum Gasteiger partial charge on any atom is 0.255 e. The van der Waals surface area contributed by atoms with Crippen molar-refractivity contribution in [1.82, 2.24) is 14.9 Å². The molecule has 0 unspecified atom stereocenters. The molecule has 0 saturated heterocycles. The van der Waals surface area contributed by atoms with Crippen LogP contribution in [0.3, 0.4) is 0 Å². The van der Waals surface area contributed by atoms with Crippen LogP contribution < -0.4 is 4.74 Å². The summed E-state index contributed by atoms with van der Waals surface area (Å²) in [5.74, 6) is 1.06. The zero-order valence-corrected chi connectivity index (χ0v) is 14.3. The molecule has 0 atom stereocenters. The van der Waals surface area contributed by atoms with Crippen molar-refractivity contribution in [3.05, 3.63) is 70.3 Å². The SMILES string of the molecule is Cc1nc(CN(C)C(=O)c2ccc(Oc3ccccc3)nc2)cs1. The highest BCUT2D eigenvalue weighted by atomic mass is 32.1. The fraction of sp³-hybridized carbons (Fsp3) is 0.167. The van der Waals surface area contributed by atoms with Crippen molar-refractivity contribution in [1.29, 1.82) is 0 Å². The van der Waals surface area contributed by atoms with Gasteiger partial charge in [0, 0.05) is 24.7 Å². The van der Waals surface area contributed by atoms with Crippen LogP contribution in [0.5, 0.6) is 11.6 Å². The molecular weight excluding hydrogens is 322 g/mol. The Hall–Kier alpha value is -2.73. The molecule has 24 heavy (non-hydrogen) atoms. The molecule has 0 aliphatic rings. The molecule has 2 heterocycles. The number of carbonyl (C=O) groups excluding carboxylic acids is 1. The summed E-state index contributed by atoms with van der Waals surface area (Å²) in [7, 11) is 1.76. The highest BCUT2D eigenvalue weighted by Crippen LogP contribution is 2.19. The van der Waals surface area contributed by atoms with Gasteiger partial charge >= 0.3 is 0 Å². The molecule has 2 aromatic heterocycles. The third-order valence-corrected chi connectivity index (χ3v) is 4.18. The number of carbonyl (C=O) groups is 1. The predicted octanol–water partition coefficient (Wildman–Crippen LogP) is 3.91. The monoisotopic (exact) mass is 339 g/mol. The van der Waals surface area contributed by atoms with E-state index in [1.165, 1.54) is 6.20 Å². The second-order valence-electron chi connectivity index (χ2n) is 5.32. The summed E-state index contributed by atoms with van der Waals surface area (Å²) in [5.41, 5.74) is 1.41. The summed E-state index contributed by atoms with van der Waals surface area (Å²) < 4.78 is 5.63. The minimum atomic E-state index is -0.0978. The molecule has 0 aliphatic carbocycles. The van der Waals surface area contributed by atoms with Crippen LogP contribution in [0.15, 0.2) is 54.0 Å². The lowest BCUT2D eigenvalue weighted by atomic mass is 10.2. The number of amides is 1. The van der Waals surface area contributed by atoms with Gasteiger partial charge < -0.3 is 9.64 Å². The van der Waals surface area contributed by atoms with Crippen molar-refractivity contribution in [2.45, 2.75) is 13.5 Å². The van der Waals surface area contributed by atoms with E-state index in [1.54, 1.807) is 35.4 Å². The minimum absolute atomic E-state index is 0.0978. The number of benzene rings is 1. The quantitative estimate of drug-likeness (QED) is 0.707. The molecule has 1 amide bonds. The first-order valence-corrected chi connectivity index (χ1v) is 8.35. The standard InChI is InChI=1S/C18H17N3O2S/c1-13-20-15(12-24-13)11-21(2)18(22)14-8-9-17(19-10-14)23-16-6-4-3-5-7-16/h3-10,12H,11H2,1-2H3. The van der Waals surface area contributed by atoms with Crippen molar-refractivity contribution >= 4 is 17.2 Å². The van der Waals surface area contributed by atoms with Crippen molar-refractivity contribution in [3.63, 3.8) is 0 Å². The molecule has 0 spiro atoms. The van der Waals surface area contributed by atoms with Gasteiger partial charge in [0.15, 0.2) is 0 Å². The van der Waals surface area contributed by atoms with E-state index in [2.05, 4.69) is 9.97 Å². The third-order valence-electron chi connectivity index (χ3n) is 3.36. The zero-order valence-electron chi connectivity index (χ0n) is 13.5. The molecule has 0 bridgehead atoms. The molecule has 0 radical (unpaired) electrons. The van der Waals surface area contributed by atoms with Crippen molar-refractivity contribution in [2.24, 2.45) is 0 Å². The van der Waals surface area contributed by atoms with Crippen LogP contribution in [0, 0.1) is 6.92 Å². The van der Waals surface area contributed by atoms with E-state index < -0.39 is 0 Å². The molecule has 1 aromatic carbocycles. The number of thiazole rings is 1. The van der Waals surface area contributed by atoms with E-state index in [0.717, 1.165) is 10.7 Å². The average molecular weight is 339 g/mol. The fourth-order valence-electron chi connectivity index (χ4n) is 2.19. The van der Waals surface area contributed by atoms with Crippen molar-refractivity contribution in [3.8, 4) is 11.6 Å². The lowest BCUT2D eigenvalue weighted by Crippen LogP contribution is -2.26. The van der Waals surface area contributed by atoms with Gasteiger partial charge in [-0.05, 0) is 25.1 Å². The lowest BCUT2D eigenvalue weighted by molar-refractivity contribution is 0.0783. The molecule has 0 N–H and O–H groups in total. The largest absolute Gasteiger partial charge is 0.439 e. The third kappa shape index (κ3) is 3.97. The van der Waals surface area contributed by atoms with Gasteiger partial charge in [-0.2, -0.15) is 0 Å². The van der Waals surface area contributed by atoms with Crippen LogP contribution in [0.1, 0.15) is 21.1 Å². The number of para-hydroxylation sites is 1. The number of rotatable bonds is 5. The summed E-state index contributed by atoms with van der Waals surface area (Å²) in [6.07, 6.45) is 1.53. The summed E-state index contributed by atoms with van der Waals surface area (Å²) in [6, 6.07) is 12.8. The number of aryl methyl sites for hydroxylation is 1. The van der Waals surface area contributed by atoms with Crippen LogP contribution in [0.4, 0.5) is 0 Å². The topological polar surface area (TPSA) is 55.3 Å². The van der Waals surface area contributed by atoms with Gasteiger partial charge in [0.1, 0.15) is 5.75 Å². The minimum Gasteiger partial charge on any atom is -0.439 e. The number of ether oxygens (including phenoxy) is 1. The second kappa shape index (κ2) is 7.23. The maximum atomic E-state index is 12.4.